The molecule has 0 spiro atoms. The Morgan fingerprint density at radius 3 is 2.56 bits per heavy atom. The number of anilines is 1. The lowest BCUT2D eigenvalue weighted by Crippen LogP contribution is -2.32. The lowest BCUT2D eigenvalue weighted by atomic mass is 10.2. The molecule has 1 rings (SSSR count). The average molecular weight is 281 g/mol. The molecule has 1 heterocycles. The van der Waals surface area contributed by atoms with E-state index < -0.39 is 11.9 Å². The standard InChI is InChI=1S/C12H16ClF3N2/c1-9(2)18(7-3-5-13)10-4-6-17-11(8-10)12(14,15)16/h4,6,8-9H,3,5,7H2,1-2H3. The summed E-state index contributed by atoms with van der Waals surface area (Å²) in [5.41, 5.74) is -0.339. The van der Waals surface area contributed by atoms with E-state index in [-0.39, 0.29) is 6.04 Å². The van der Waals surface area contributed by atoms with E-state index in [0.717, 1.165) is 12.5 Å². The number of rotatable bonds is 5. The van der Waals surface area contributed by atoms with Gasteiger partial charge in [0.15, 0.2) is 0 Å². The largest absolute Gasteiger partial charge is 0.433 e. The van der Waals surface area contributed by atoms with Gasteiger partial charge in [0.05, 0.1) is 0 Å². The van der Waals surface area contributed by atoms with Gasteiger partial charge in [-0.3, -0.25) is 4.98 Å². The Morgan fingerprint density at radius 1 is 1.39 bits per heavy atom. The van der Waals surface area contributed by atoms with Crippen LogP contribution in [0.5, 0.6) is 0 Å². The van der Waals surface area contributed by atoms with Gasteiger partial charge in [0.25, 0.3) is 0 Å². The molecule has 0 aliphatic carbocycles. The van der Waals surface area contributed by atoms with Crippen LogP contribution in [-0.2, 0) is 6.18 Å². The van der Waals surface area contributed by atoms with E-state index in [2.05, 4.69) is 4.98 Å². The SMILES string of the molecule is CC(C)N(CCCCl)c1ccnc(C(F)(F)F)c1. The fourth-order valence-electron chi connectivity index (χ4n) is 1.67. The zero-order valence-electron chi connectivity index (χ0n) is 10.3. The molecule has 0 N–H and O–H groups in total. The third kappa shape index (κ3) is 4.05. The van der Waals surface area contributed by atoms with Crippen molar-refractivity contribution in [1.82, 2.24) is 4.98 Å². The molecule has 0 unspecified atom stereocenters. The Labute approximate surface area is 110 Å². The monoisotopic (exact) mass is 280 g/mol. The number of nitrogens with zero attached hydrogens (tertiary/aromatic N) is 2. The van der Waals surface area contributed by atoms with Gasteiger partial charge < -0.3 is 4.90 Å². The molecule has 2 nitrogen and oxygen atoms in total. The van der Waals surface area contributed by atoms with Crippen molar-refractivity contribution in [3.05, 3.63) is 24.0 Å². The predicted molar refractivity (Wildman–Crippen MR) is 67.1 cm³/mol. The van der Waals surface area contributed by atoms with Crippen LogP contribution < -0.4 is 4.90 Å². The summed E-state index contributed by atoms with van der Waals surface area (Å²) >= 11 is 5.62. The number of pyridine rings is 1. The van der Waals surface area contributed by atoms with Crippen LogP contribution in [0.2, 0.25) is 0 Å². The maximum absolute atomic E-state index is 12.6. The highest BCUT2D eigenvalue weighted by atomic mass is 35.5. The van der Waals surface area contributed by atoms with Crippen molar-refractivity contribution in [1.29, 1.82) is 0 Å². The van der Waals surface area contributed by atoms with Gasteiger partial charge in [0.2, 0.25) is 0 Å². The molecule has 0 amide bonds. The fraction of sp³-hybridized carbons (Fsp3) is 0.583. The van der Waals surface area contributed by atoms with Gasteiger partial charge in [0, 0.05) is 30.4 Å². The lowest BCUT2D eigenvalue weighted by Gasteiger charge is -2.29. The van der Waals surface area contributed by atoms with E-state index in [0.29, 0.717) is 18.1 Å². The zero-order chi connectivity index (χ0) is 13.8. The van der Waals surface area contributed by atoms with Crippen molar-refractivity contribution >= 4 is 17.3 Å². The molecule has 102 valence electrons. The maximum atomic E-state index is 12.6. The van der Waals surface area contributed by atoms with Gasteiger partial charge in [0.1, 0.15) is 5.69 Å². The van der Waals surface area contributed by atoms with Crippen molar-refractivity contribution in [3.8, 4) is 0 Å². The molecule has 0 fully saturated rings. The number of hydrogen-bond acceptors (Lipinski definition) is 2. The van der Waals surface area contributed by atoms with E-state index in [4.69, 9.17) is 11.6 Å². The van der Waals surface area contributed by atoms with Gasteiger partial charge >= 0.3 is 6.18 Å². The molecule has 0 saturated heterocycles. The lowest BCUT2D eigenvalue weighted by molar-refractivity contribution is -0.141. The van der Waals surface area contributed by atoms with Crippen LogP contribution in [0.1, 0.15) is 26.0 Å². The topological polar surface area (TPSA) is 16.1 Å². The first-order valence-corrected chi connectivity index (χ1v) is 6.25. The Kier molecular flexibility index (Phi) is 5.26. The molecular weight excluding hydrogens is 265 g/mol. The van der Waals surface area contributed by atoms with E-state index in [9.17, 15) is 13.2 Å². The summed E-state index contributed by atoms with van der Waals surface area (Å²) in [5, 5.41) is 0. The minimum Gasteiger partial charge on any atom is -0.369 e. The molecule has 1 aromatic rings. The molecular formula is C12H16ClF3N2. The Morgan fingerprint density at radius 2 is 2.06 bits per heavy atom. The van der Waals surface area contributed by atoms with Crippen LogP contribution in [0.25, 0.3) is 0 Å². The first-order chi connectivity index (χ1) is 8.36. The van der Waals surface area contributed by atoms with Gasteiger partial charge in [-0.25, -0.2) is 0 Å². The minimum atomic E-state index is -4.41. The van der Waals surface area contributed by atoms with Gasteiger partial charge in [-0.2, -0.15) is 13.2 Å². The van der Waals surface area contributed by atoms with Crippen molar-refractivity contribution < 1.29 is 13.2 Å². The normalized spacial score (nSPS) is 11.9. The third-order valence-electron chi connectivity index (χ3n) is 2.52. The molecule has 6 heteroatoms. The molecule has 0 bridgehead atoms. The van der Waals surface area contributed by atoms with Crippen molar-refractivity contribution in [3.63, 3.8) is 0 Å². The quantitative estimate of drug-likeness (QED) is 0.760. The average Bonchev–Trinajstić information content (AvgIpc) is 2.28. The summed E-state index contributed by atoms with van der Waals surface area (Å²) < 4.78 is 37.7. The second-order valence-electron chi connectivity index (χ2n) is 4.23. The molecule has 0 atom stereocenters. The zero-order valence-corrected chi connectivity index (χ0v) is 11.1. The fourth-order valence-corrected chi connectivity index (χ4v) is 1.79. The van der Waals surface area contributed by atoms with Crippen LogP contribution in [0.15, 0.2) is 18.3 Å². The van der Waals surface area contributed by atoms with E-state index in [1.807, 2.05) is 18.7 Å². The van der Waals surface area contributed by atoms with Crippen LogP contribution in [0.3, 0.4) is 0 Å². The molecule has 1 aromatic heterocycles. The van der Waals surface area contributed by atoms with E-state index >= 15 is 0 Å². The molecule has 18 heavy (non-hydrogen) atoms. The van der Waals surface area contributed by atoms with Gasteiger partial charge in [-0.05, 0) is 32.4 Å². The number of aromatic nitrogens is 1. The summed E-state index contributed by atoms with van der Waals surface area (Å²) in [6.45, 7) is 4.49. The first-order valence-electron chi connectivity index (χ1n) is 5.72. The van der Waals surface area contributed by atoms with E-state index in [1.165, 1.54) is 6.20 Å². The molecule has 0 radical (unpaired) electrons. The highest BCUT2D eigenvalue weighted by Crippen LogP contribution is 2.30. The second-order valence-corrected chi connectivity index (χ2v) is 4.60. The number of halogens is 4. The molecule has 0 aromatic carbocycles. The summed E-state index contributed by atoms with van der Waals surface area (Å²) in [4.78, 5) is 5.24. The minimum absolute atomic E-state index is 0.108. The highest BCUT2D eigenvalue weighted by Gasteiger charge is 2.32. The molecule has 0 aliphatic rings. The first kappa shape index (κ1) is 15.1. The summed E-state index contributed by atoms with van der Waals surface area (Å²) in [6, 6.07) is 2.77. The Bertz CT molecular complexity index is 380. The van der Waals surface area contributed by atoms with Crippen molar-refractivity contribution in [2.75, 3.05) is 17.3 Å². The van der Waals surface area contributed by atoms with Crippen LogP contribution >= 0.6 is 11.6 Å². The number of alkyl halides is 4. The molecule has 0 aliphatic heterocycles. The van der Waals surface area contributed by atoms with Gasteiger partial charge in [-0.1, -0.05) is 0 Å². The second kappa shape index (κ2) is 6.27. The molecule has 0 saturated carbocycles. The smallest absolute Gasteiger partial charge is 0.369 e. The van der Waals surface area contributed by atoms with Crippen molar-refractivity contribution in [2.45, 2.75) is 32.5 Å². The third-order valence-corrected chi connectivity index (χ3v) is 2.79. The van der Waals surface area contributed by atoms with Crippen LogP contribution in [0, 0.1) is 0 Å². The van der Waals surface area contributed by atoms with Crippen LogP contribution in [-0.4, -0.2) is 23.5 Å². The summed E-state index contributed by atoms with van der Waals surface area (Å²) in [5.74, 6) is 0.487. The maximum Gasteiger partial charge on any atom is 0.433 e. The summed E-state index contributed by atoms with van der Waals surface area (Å²) in [7, 11) is 0. The van der Waals surface area contributed by atoms with Crippen LogP contribution in [0.4, 0.5) is 18.9 Å². The van der Waals surface area contributed by atoms with Gasteiger partial charge in [-0.15, -0.1) is 11.6 Å². The van der Waals surface area contributed by atoms with Crippen molar-refractivity contribution in [2.24, 2.45) is 0 Å². The Balaban J connectivity index is 2.98. The number of hydrogen-bond donors (Lipinski definition) is 0. The Hall–Kier alpha value is -0.970. The summed E-state index contributed by atoms with van der Waals surface area (Å²) in [6.07, 6.45) is -2.50. The van der Waals surface area contributed by atoms with E-state index in [1.54, 1.807) is 6.07 Å². The predicted octanol–water partition coefficient (Wildman–Crippen LogP) is 3.94. The highest BCUT2D eigenvalue weighted by molar-refractivity contribution is 6.17.